The summed E-state index contributed by atoms with van der Waals surface area (Å²) in [5.74, 6) is 0.247. The van der Waals surface area contributed by atoms with Gasteiger partial charge in [0.1, 0.15) is 0 Å². The minimum Gasteiger partial charge on any atom is -0.249 e. The fourth-order valence-corrected chi connectivity index (χ4v) is 3.36. The van der Waals surface area contributed by atoms with Gasteiger partial charge in [-0.25, -0.2) is 18.1 Å². The minimum atomic E-state index is -3.43. The van der Waals surface area contributed by atoms with Crippen LogP contribution >= 0.6 is 22.9 Å². The van der Waals surface area contributed by atoms with E-state index in [0.717, 1.165) is 16.3 Å². The Hall–Kier alpha value is -0.170. The molecule has 0 aliphatic carbocycles. The molecule has 0 radical (unpaired) electrons. The molecule has 0 fully saturated rings. The molecular weight excluding hydrogens is 244 g/mol. The van der Waals surface area contributed by atoms with Gasteiger partial charge in [0.15, 0.2) is 4.21 Å². The van der Waals surface area contributed by atoms with Crippen LogP contribution in [0.5, 0.6) is 0 Å². The number of rotatable bonds is 4. The summed E-state index contributed by atoms with van der Waals surface area (Å²) in [5, 5.41) is 0.726. The fraction of sp³-hybridized carbons (Fsp3) is 0.571. The zero-order valence-corrected chi connectivity index (χ0v) is 10.2. The number of nitrogens with zero attached hydrogens (tertiary/aromatic N) is 1. The molecule has 7 heteroatoms. The van der Waals surface area contributed by atoms with E-state index in [4.69, 9.17) is 11.6 Å². The second-order valence-corrected chi connectivity index (χ2v) is 6.36. The second-order valence-electron chi connectivity index (χ2n) is 2.87. The van der Waals surface area contributed by atoms with Crippen LogP contribution < -0.4 is 4.72 Å². The molecule has 0 aliphatic rings. The van der Waals surface area contributed by atoms with Gasteiger partial charge in [0.05, 0.1) is 11.2 Å². The van der Waals surface area contributed by atoms with Crippen LogP contribution in [-0.2, 0) is 10.0 Å². The zero-order valence-electron chi connectivity index (χ0n) is 7.82. The van der Waals surface area contributed by atoms with Gasteiger partial charge in [-0.15, -0.1) is 22.9 Å². The number of alkyl halides is 1. The van der Waals surface area contributed by atoms with Crippen LogP contribution in [0.1, 0.15) is 11.9 Å². The Morgan fingerprint density at radius 1 is 1.71 bits per heavy atom. The summed E-state index contributed by atoms with van der Waals surface area (Å²) in [6.45, 7) is 3.47. The van der Waals surface area contributed by atoms with Crippen molar-refractivity contribution in [2.24, 2.45) is 0 Å². The number of aryl methyl sites for hydroxylation is 1. The maximum Gasteiger partial charge on any atom is 0.251 e. The number of hydrogen-bond acceptors (Lipinski definition) is 4. The molecule has 1 atom stereocenters. The summed E-state index contributed by atoms with van der Waals surface area (Å²) in [6, 6.07) is -0.274. The quantitative estimate of drug-likeness (QED) is 0.826. The van der Waals surface area contributed by atoms with Crippen LogP contribution in [0.15, 0.2) is 10.4 Å². The summed E-state index contributed by atoms with van der Waals surface area (Å²) in [6.07, 6.45) is 1.35. The average Bonchev–Trinajstić information content (AvgIpc) is 2.51. The summed E-state index contributed by atoms with van der Waals surface area (Å²) < 4.78 is 25.9. The third-order valence-electron chi connectivity index (χ3n) is 1.45. The molecule has 1 N–H and O–H groups in total. The maximum absolute atomic E-state index is 11.6. The highest BCUT2D eigenvalue weighted by atomic mass is 35.5. The van der Waals surface area contributed by atoms with Gasteiger partial charge < -0.3 is 0 Å². The largest absolute Gasteiger partial charge is 0.251 e. The fourth-order valence-electron chi connectivity index (χ4n) is 0.821. The Bertz CT molecular complexity index is 402. The molecule has 4 nitrogen and oxygen atoms in total. The third kappa shape index (κ3) is 2.91. The van der Waals surface area contributed by atoms with Crippen LogP contribution in [0.4, 0.5) is 0 Å². The SMILES string of the molecule is Cc1ncc(S(=O)(=O)NC(C)CCl)s1. The van der Waals surface area contributed by atoms with Gasteiger partial charge in [-0.3, -0.25) is 0 Å². The predicted molar refractivity (Wildman–Crippen MR) is 57.4 cm³/mol. The number of aromatic nitrogens is 1. The van der Waals surface area contributed by atoms with E-state index in [1.807, 2.05) is 0 Å². The lowest BCUT2D eigenvalue weighted by atomic mass is 10.4. The highest BCUT2D eigenvalue weighted by molar-refractivity contribution is 7.91. The monoisotopic (exact) mass is 254 g/mol. The van der Waals surface area contributed by atoms with Crippen molar-refractivity contribution >= 4 is 33.0 Å². The van der Waals surface area contributed by atoms with Gasteiger partial charge >= 0.3 is 0 Å². The molecule has 0 saturated carbocycles. The second kappa shape index (κ2) is 4.57. The minimum absolute atomic E-state index is 0.229. The van der Waals surface area contributed by atoms with Gasteiger partial charge in [-0.05, 0) is 13.8 Å². The van der Waals surface area contributed by atoms with Crippen molar-refractivity contribution in [1.82, 2.24) is 9.71 Å². The first-order chi connectivity index (χ1) is 6.45. The first-order valence-corrected chi connectivity index (χ1v) is 6.80. The summed E-state index contributed by atoms with van der Waals surface area (Å²) in [4.78, 5) is 3.88. The van der Waals surface area contributed by atoms with Gasteiger partial charge in [0.25, 0.3) is 10.0 Å². The lowest BCUT2D eigenvalue weighted by Gasteiger charge is -2.08. The molecule has 0 bridgehead atoms. The van der Waals surface area contributed by atoms with Crippen LogP contribution in [-0.4, -0.2) is 25.3 Å². The number of hydrogen-bond donors (Lipinski definition) is 1. The first kappa shape index (κ1) is 11.9. The lowest BCUT2D eigenvalue weighted by molar-refractivity contribution is 0.572. The molecule has 1 rings (SSSR count). The molecule has 0 spiro atoms. The first-order valence-electron chi connectivity index (χ1n) is 3.96. The standard InChI is InChI=1S/C7H11ClN2O2S2/c1-5(3-8)10-14(11,12)7-4-9-6(2)13-7/h4-5,10H,3H2,1-2H3. The Morgan fingerprint density at radius 2 is 2.36 bits per heavy atom. The summed E-state index contributed by atoms with van der Waals surface area (Å²) in [5.41, 5.74) is 0. The van der Waals surface area contributed by atoms with Crippen LogP contribution in [0.2, 0.25) is 0 Å². The van der Waals surface area contributed by atoms with Gasteiger partial charge in [-0.1, -0.05) is 0 Å². The predicted octanol–water partition coefficient (Wildman–Crippen LogP) is 1.36. The van der Waals surface area contributed by atoms with Crippen LogP contribution in [0.25, 0.3) is 0 Å². The smallest absolute Gasteiger partial charge is 0.249 e. The highest BCUT2D eigenvalue weighted by Gasteiger charge is 2.18. The number of nitrogens with one attached hydrogen (secondary N) is 1. The van der Waals surface area contributed by atoms with Crippen molar-refractivity contribution in [3.63, 3.8) is 0 Å². The van der Waals surface area contributed by atoms with Crippen molar-refractivity contribution < 1.29 is 8.42 Å². The number of halogens is 1. The van der Waals surface area contributed by atoms with Gasteiger partial charge in [-0.2, -0.15) is 0 Å². The maximum atomic E-state index is 11.6. The molecule has 1 unspecified atom stereocenters. The molecular formula is C7H11ClN2O2S2. The molecule has 1 aromatic heterocycles. The average molecular weight is 255 g/mol. The molecule has 1 heterocycles. The van der Waals surface area contributed by atoms with E-state index < -0.39 is 10.0 Å². The topological polar surface area (TPSA) is 59.1 Å². The van der Waals surface area contributed by atoms with E-state index in [2.05, 4.69) is 9.71 Å². The molecule has 1 aromatic rings. The van der Waals surface area contributed by atoms with Gasteiger partial charge in [0.2, 0.25) is 0 Å². The molecule has 80 valence electrons. The van der Waals surface area contributed by atoms with Crippen LogP contribution in [0, 0.1) is 6.92 Å². The zero-order chi connectivity index (χ0) is 10.8. The van der Waals surface area contributed by atoms with E-state index in [0.29, 0.717) is 0 Å². The third-order valence-corrected chi connectivity index (χ3v) is 4.88. The van der Waals surface area contributed by atoms with Crippen molar-refractivity contribution in [1.29, 1.82) is 0 Å². The van der Waals surface area contributed by atoms with Crippen molar-refractivity contribution in [2.75, 3.05) is 5.88 Å². The van der Waals surface area contributed by atoms with E-state index in [1.165, 1.54) is 6.20 Å². The normalized spacial score (nSPS) is 14.2. The Labute approximate surface area is 92.4 Å². The lowest BCUT2D eigenvalue weighted by Crippen LogP contribution is -2.33. The molecule has 14 heavy (non-hydrogen) atoms. The van der Waals surface area contributed by atoms with Gasteiger partial charge in [0, 0.05) is 11.9 Å². The van der Waals surface area contributed by atoms with Crippen LogP contribution in [0.3, 0.4) is 0 Å². The number of thiazole rings is 1. The summed E-state index contributed by atoms with van der Waals surface area (Å²) >= 11 is 6.65. The number of sulfonamides is 1. The Balaban J connectivity index is 2.86. The molecule has 0 aromatic carbocycles. The van der Waals surface area contributed by atoms with E-state index in [9.17, 15) is 8.42 Å². The highest BCUT2D eigenvalue weighted by Crippen LogP contribution is 2.17. The molecule has 0 saturated heterocycles. The van der Waals surface area contributed by atoms with Crippen molar-refractivity contribution in [3.8, 4) is 0 Å². The van der Waals surface area contributed by atoms with Crippen molar-refractivity contribution in [2.45, 2.75) is 24.1 Å². The van der Waals surface area contributed by atoms with E-state index in [1.54, 1.807) is 13.8 Å². The Morgan fingerprint density at radius 3 is 2.79 bits per heavy atom. The molecule has 0 amide bonds. The van der Waals surface area contributed by atoms with E-state index >= 15 is 0 Å². The van der Waals surface area contributed by atoms with Crippen molar-refractivity contribution in [3.05, 3.63) is 11.2 Å². The summed E-state index contributed by atoms with van der Waals surface area (Å²) in [7, 11) is -3.43. The molecule has 0 aliphatic heterocycles. The van der Waals surface area contributed by atoms with E-state index in [-0.39, 0.29) is 16.1 Å². The Kier molecular flexibility index (Phi) is 3.88.